The Morgan fingerprint density at radius 3 is 2.69 bits per heavy atom. The number of fused-ring (bicyclic) bond motifs is 1. The van der Waals surface area contributed by atoms with Crippen molar-refractivity contribution >= 4 is 16.8 Å². The zero-order valence-electron chi connectivity index (χ0n) is 14.7. The third kappa shape index (κ3) is 3.51. The lowest BCUT2D eigenvalue weighted by atomic mass is 9.93. The lowest BCUT2D eigenvalue weighted by molar-refractivity contribution is -0.116. The molecule has 0 bridgehead atoms. The van der Waals surface area contributed by atoms with Crippen LogP contribution in [0.5, 0.6) is 5.75 Å². The molecule has 0 unspecified atom stereocenters. The van der Waals surface area contributed by atoms with Crippen molar-refractivity contribution in [3.63, 3.8) is 0 Å². The molecule has 3 rings (SSSR count). The number of phenols is 1. The predicted molar refractivity (Wildman–Crippen MR) is 93.2 cm³/mol. The minimum atomic E-state index is -0.741. The molecule has 140 valence electrons. The third-order valence-electron chi connectivity index (χ3n) is 4.59. The van der Waals surface area contributed by atoms with Crippen molar-refractivity contribution in [2.24, 2.45) is 0 Å². The molecule has 1 aliphatic heterocycles. The number of rotatable bonds is 4. The van der Waals surface area contributed by atoms with Crippen LogP contribution >= 0.6 is 0 Å². The summed E-state index contributed by atoms with van der Waals surface area (Å²) in [5.74, 6) is -0.0687. The summed E-state index contributed by atoms with van der Waals surface area (Å²) in [5, 5.41) is 30.3. The Hall–Kier alpha value is -2.22. The third-order valence-corrected chi connectivity index (χ3v) is 4.59. The number of aryl methyl sites for hydroxylation is 1. The highest BCUT2D eigenvalue weighted by Crippen LogP contribution is 2.41. The summed E-state index contributed by atoms with van der Waals surface area (Å²) in [6.45, 7) is 2.81. The van der Waals surface area contributed by atoms with Crippen LogP contribution in [0.25, 0.3) is 11.0 Å². The van der Waals surface area contributed by atoms with Crippen LogP contribution in [-0.2, 0) is 16.0 Å². The summed E-state index contributed by atoms with van der Waals surface area (Å²) in [5.41, 5.74) is 0.642. The molecule has 7 heteroatoms. The molecule has 1 aliphatic rings. The molecule has 0 amide bonds. The second-order valence-electron chi connectivity index (χ2n) is 6.84. The fourth-order valence-corrected chi connectivity index (χ4v) is 3.51. The highest BCUT2D eigenvalue weighted by Gasteiger charge is 2.33. The van der Waals surface area contributed by atoms with Crippen molar-refractivity contribution < 1.29 is 29.3 Å². The van der Waals surface area contributed by atoms with Crippen LogP contribution in [-0.4, -0.2) is 39.9 Å². The van der Waals surface area contributed by atoms with Gasteiger partial charge < -0.3 is 24.5 Å². The molecule has 1 fully saturated rings. The zero-order chi connectivity index (χ0) is 19.0. The van der Waals surface area contributed by atoms with Crippen molar-refractivity contribution in [2.45, 2.75) is 51.4 Å². The number of aromatic hydroxyl groups is 1. The number of benzene rings is 1. The van der Waals surface area contributed by atoms with Crippen LogP contribution in [0.4, 0.5) is 0 Å². The molecule has 2 heterocycles. The number of hydrogen-bond donors (Lipinski definition) is 3. The lowest BCUT2D eigenvalue weighted by Crippen LogP contribution is -2.33. The van der Waals surface area contributed by atoms with Gasteiger partial charge >= 0.3 is 0 Å². The number of hydrogen-bond acceptors (Lipinski definition) is 7. The summed E-state index contributed by atoms with van der Waals surface area (Å²) in [6.07, 6.45) is -1.58. The second-order valence-corrected chi connectivity index (χ2v) is 6.84. The number of aliphatic hydroxyl groups is 2. The van der Waals surface area contributed by atoms with Gasteiger partial charge in [-0.1, -0.05) is 0 Å². The number of aliphatic hydroxyl groups excluding tert-OH is 2. The van der Waals surface area contributed by atoms with E-state index in [4.69, 9.17) is 9.15 Å². The van der Waals surface area contributed by atoms with Crippen LogP contribution in [0.15, 0.2) is 21.3 Å². The summed E-state index contributed by atoms with van der Waals surface area (Å²) in [6, 6.07) is 2.74. The van der Waals surface area contributed by atoms with E-state index in [0.717, 1.165) is 0 Å². The first-order valence-corrected chi connectivity index (χ1v) is 8.53. The van der Waals surface area contributed by atoms with Crippen molar-refractivity contribution in [3.8, 4) is 5.75 Å². The predicted octanol–water partition coefficient (Wildman–Crippen LogP) is 1.51. The average molecular weight is 362 g/mol. The Morgan fingerprint density at radius 1 is 1.31 bits per heavy atom. The molecule has 2 aromatic rings. The molecule has 7 nitrogen and oxygen atoms in total. The van der Waals surface area contributed by atoms with E-state index in [1.807, 2.05) is 0 Å². The minimum Gasteiger partial charge on any atom is -0.507 e. The summed E-state index contributed by atoms with van der Waals surface area (Å²) >= 11 is 0. The van der Waals surface area contributed by atoms with Crippen LogP contribution in [0.1, 0.15) is 42.8 Å². The van der Waals surface area contributed by atoms with E-state index in [0.29, 0.717) is 10.9 Å². The maximum atomic E-state index is 12.5. The van der Waals surface area contributed by atoms with Crippen molar-refractivity contribution in [1.29, 1.82) is 0 Å². The molecule has 0 spiro atoms. The normalized spacial score (nSPS) is 23.3. The molecule has 0 saturated carbocycles. The number of phenolic OH excluding ortho intramolecular Hbond substituents is 1. The Labute approximate surface area is 149 Å². The molecule has 0 aliphatic carbocycles. The van der Waals surface area contributed by atoms with E-state index in [1.54, 1.807) is 6.92 Å². The standard InChI is InChI=1S/C19H22O7/c1-9-3-14(23)18(16-6-11(22)5-13(8-20)25-16)19-17(9)15(24)7-12(26-19)4-10(2)21/h3,7,11,13,16,20,22-23H,4-6,8H2,1-2H3/t11-,13-,16+/m0/s1. The number of ketones is 1. The van der Waals surface area contributed by atoms with Gasteiger partial charge in [-0.25, -0.2) is 0 Å². The second kappa shape index (κ2) is 7.19. The summed E-state index contributed by atoms with van der Waals surface area (Å²) in [4.78, 5) is 24.0. The first kappa shape index (κ1) is 18.6. The van der Waals surface area contributed by atoms with Gasteiger partial charge in [0.25, 0.3) is 0 Å². The topological polar surface area (TPSA) is 117 Å². The van der Waals surface area contributed by atoms with E-state index in [-0.39, 0.29) is 59.7 Å². The number of carbonyl (C=O) groups excluding carboxylic acids is 1. The summed E-state index contributed by atoms with van der Waals surface area (Å²) in [7, 11) is 0. The van der Waals surface area contributed by atoms with Gasteiger partial charge in [0.15, 0.2) is 5.43 Å². The molecular weight excluding hydrogens is 340 g/mol. The number of Topliss-reactive ketones (excluding diaryl/α,β-unsaturated/α-hetero) is 1. The minimum absolute atomic E-state index is 0.0350. The van der Waals surface area contributed by atoms with Gasteiger partial charge in [0.05, 0.1) is 42.3 Å². The van der Waals surface area contributed by atoms with Gasteiger partial charge in [-0.15, -0.1) is 0 Å². The number of ether oxygens (including phenoxy) is 1. The van der Waals surface area contributed by atoms with E-state index in [9.17, 15) is 24.9 Å². The molecule has 0 radical (unpaired) electrons. The average Bonchev–Trinajstić information content (AvgIpc) is 2.52. The fraction of sp³-hybridized carbons (Fsp3) is 0.474. The monoisotopic (exact) mass is 362 g/mol. The molecule has 1 aromatic heterocycles. The van der Waals surface area contributed by atoms with Crippen molar-refractivity contribution in [1.82, 2.24) is 0 Å². The smallest absolute Gasteiger partial charge is 0.193 e. The van der Waals surface area contributed by atoms with Crippen molar-refractivity contribution in [2.75, 3.05) is 6.61 Å². The van der Waals surface area contributed by atoms with E-state index < -0.39 is 18.3 Å². The lowest BCUT2D eigenvalue weighted by Gasteiger charge is -2.33. The molecule has 3 atom stereocenters. The first-order valence-electron chi connectivity index (χ1n) is 8.53. The van der Waals surface area contributed by atoms with Crippen LogP contribution in [0.3, 0.4) is 0 Å². The SMILES string of the molecule is CC(=O)Cc1cc(=O)c2c(C)cc(O)c([C@H]3C[C@@H](O)C[C@@H](CO)O3)c2o1. The van der Waals surface area contributed by atoms with Gasteiger partial charge in [0.2, 0.25) is 0 Å². The quantitative estimate of drug-likeness (QED) is 0.755. The van der Waals surface area contributed by atoms with Gasteiger partial charge in [-0.05, 0) is 25.5 Å². The van der Waals surface area contributed by atoms with Gasteiger partial charge in [0, 0.05) is 18.9 Å². The van der Waals surface area contributed by atoms with Gasteiger partial charge in [-0.2, -0.15) is 0 Å². The Balaban J connectivity index is 2.21. The van der Waals surface area contributed by atoms with Crippen molar-refractivity contribution in [3.05, 3.63) is 39.2 Å². The Kier molecular flexibility index (Phi) is 5.13. The number of carbonyl (C=O) groups is 1. The van der Waals surface area contributed by atoms with Crippen LogP contribution in [0.2, 0.25) is 0 Å². The maximum absolute atomic E-state index is 12.5. The maximum Gasteiger partial charge on any atom is 0.193 e. The molecule has 1 aromatic carbocycles. The first-order chi connectivity index (χ1) is 12.3. The summed E-state index contributed by atoms with van der Waals surface area (Å²) < 4.78 is 11.6. The largest absolute Gasteiger partial charge is 0.507 e. The molecular formula is C19H22O7. The molecule has 1 saturated heterocycles. The Morgan fingerprint density at radius 2 is 2.04 bits per heavy atom. The highest BCUT2D eigenvalue weighted by molar-refractivity contribution is 5.86. The van der Waals surface area contributed by atoms with E-state index in [2.05, 4.69) is 0 Å². The van der Waals surface area contributed by atoms with E-state index >= 15 is 0 Å². The molecule has 26 heavy (non-hydrogen) atoms. The van der Waals surface area contributed by atoms with Crippen LogP contribution < -0.4 is 5.43 Å². The highest BCUT2D eigenvalue weighted by atomic mass is 16.5. The molecule has 3 N–H and O–H groups in total. The van der Waals surface area contributed by atoms with Gasteiger partial charge in [0.1, 0.15) is 22.9 Å². The van der Waals surface area contributed by atoms with E-state index in [1.165, 1.54) is 19.1 Å². The zero-order valence-corrected chi connectivity index (χ0v) is 14.7. The van der Waals surface area contributed by atoms with Gasteiger partial charge in [-0.3, -0.25) is 9.59 Å². The Bertz CT molecular complexity index is 899. The van der Waals surface area contributed by atoms with Crippen LogP contribution in [0, 0.1) is 6.92 Å². The fourth-order valence-electron chi connectivity index (χ4n) is 3.51.